The van der Waals surface area contributed by atoms with E-state index in [0.29, 0.717) is 10.0 Å². The van der Waals surface area contributed by atoms with Gasteiger partial charge in [-0.2, -0.15) is 5.10 Å². The van der Waals surface area contributed by atoms with Gasteiger partial charge in [0.25, 0.3) is 0 Å². The van der Waals surface area contributed by atoms with Crippen LogP contribution in [0.25, 0.3) is 0 Å². The van der Waals surface area contributed by atoms with Gasteiger partial charge in [-0.15, -0.1) is 0 Å². The smallest absolute Gasteiger partial charge is 0.0920 e. The first-order chi connectivity index (χ1) is 8.61. The molecule has 0 fully saturated rings. The molecule has 0 saturated heterocycles. The van der Waals surface area contributed by atoms with Crippen LogP contribution in [0, 0.1) is 0 Å². The minimum atomic E-state index is -0.0544. The second-order valence-corrected chi connectivity index (χ2v) is 5.08. The van der Waals surface area contributed by atoms with Crippen LogP contribution in [0.1, 0.15) is 24.9 Å². The molecule has 1 aromatic heterocycles. The fourth-order valence-electron chi connectivity index (χ4n) is 1.98. The van der Waals surface area contributed by atoms with Crippen molar-refractivity contribution >= 4 is 23.2 Å². The van der Waals surface area contributed by atoms with Gasteiger partial charge in [-0.25, -0.2) is 0 Å². The Bertz CT molecular complexity index is 524. The number of hydrogen-bond donors (Lipinski definition) is 1. The summed E-state index contributed by atoms with van der Waals surface area (Å²) in [6, 6.07) is 7.58. The predicted molar refractivity (Wildman–Crippen MR) is 75.1 cm³/mol. The molecule has 1 aromatic carbocycles. The Hall–Kier alpha value is -1.03. The summed E-state index contributed by atoms with van der Waals surface area (Å²) in [6.45, 7) is 2.05. The Morgan fingerprint density at radius 3 is 2.67 bits per heavy atom. The lowest BCUT2D eigenvalue weighted by Crippen LogP contribution is -2.32. The average molecular weight is 284 g/mol. The van der Waals surface area contributed by atoms with Crippen molar-refractivity contribution in [1.29, 1.82) is 0 Å². The monoisotopic (exact) mass is 283 g/mol. The summed E-state index contributed by atoms with van der Waals surface area (Å²) >= 11 is 12.0. The van der Waals surface area contributed by atoms with Crippen molar-refractivity contribution in [3.8, 4) is 0 Å². The second-order valence-electron chi connectivity index (χ2n) is 4.21. The summed E-state index contributed by atoms with van der Waals surface area (Å²) in [5.74, 6) is 0. The predicted octanol–water partition coefficient (Wildman–Crippen LogP) is 3.52. The maximum Gasteiger partial charge on any atom is 0.0920 e. The molecule has 2 aromatic rings. The lowest BCUT2D eigenvalue weighted by atomic mass is 9.98. The zero-order chi connectivity index (χ0) is 13.1. The van der Waals surface area contributed by atoms with Gasteiger partial charge in [-0.3, -0.25) is 4.68 Å². The molecule has 96 valence electrons. The van der Waals surface area contributed by atoms with Crippen LogP contribution < -0.4 is 5.73 Å². The summed E-state index contributed by atoms with van der Waals surface area (Å²) in [5.41, 5.74) is 7.23. The highest BCUT2D eigenvalue weighted by Gasteiger charge is 2.21. The topological polar surface area (TPSA) is 43.8 Å². The first kappa shape index (κ1) is 13.4. The number of aromatic nitrogens is 2. The molecule has 18 heavy (non-hydrogen) atoms. The Morgan fingerprint density at radius 2 is 2.11 bits per heavy atom. The summed E-state index contributed by atoms with van der Waals surface area (Å²) in [7, 11) is 0. The summed E-state index contributed by atoms with van der Waals surface area (Å²) in [6.07, 6.45) is 4.23. The van der Waals surface area contributed by atoms with E-state index in [1.54, 1.807) is 17.1 Å². The molecule has 0 saturated carbocycles. The fourth-order valence-corrected chi connectivity index (χ4v) is 2.32. The molecule has 2 rings (SSSR count). The van der Waals surface area contributed by atoms with Crippen LogP contribution in [0.3, 0.4) is 0 Å². The van der Waals surface area contributed by atoms with Crippen LogP contribution in [-0.4, -0.2) is 15.8 Å². The Labute approximate surface area is 117 Å². The van der Waals surface area contributed by atoms with Crippen molar-refractivity contribution in [3.05, 3.63) is 52.3 Å². The first-order valence-electron chi connectivity index (χ1n) is 5.82. The third-order valence-corrected chi connectivity index (χ3v) is 3.35. The number of halogens is 2. The van der Waals surface area contributed by atoms with Gasteiger partial charge in [-0.05, 0) is 24.1 Å². The Balaban J connectivity index is 2.43. The largest absolute Gasteiger partial charge is 0.326 e. The van der Waals surface area contributed by atoms with Crippen LogP contribution in [0.15, 0.2) is 36.7 Å². The van der Waals surface area contributed by atoms with Gasteiger partial charge in [0.15, 0.2) is 0 Å². The van der Waals surface area contributed by atoms with Gasteiger partial charge < -0.3 is 5.73 Å². The molecule has 1 heterocycles. The standard InChI is InChI=1S/C13H15Cl2N3/c1-2-12(16)13(18-8-11(15)7-17-18)9-4-3-5-10(14)6-9/h3-8,12-13H,2,16H2,1H3. The summed E-state index contributed by atoms with van der Waals surface area (Å²) in [4.78, 5) is 0. The average Bonchev–Trinajstić information content (AvgIpc) is 2.76. The third kappa shape index (κ3) is 2.86. The van der Waals surface area contributed by atoms with Crippen LogP contribution in [0.4, 0.5) is 0 Å². The highest BCUT2D eigenvalue weighted by molar-refractivity contribution is 6.30. The molecule has 0 aliphatic carbocycles. The number of nitrogens with two attached hydrogens (primary N) is 1. The zero-order valence-corrected chi connectivity index (χ0v) is 11.6. The lowest BCUT2D eigenvalue weighted by molar-refractivity contribution is 0.424. The molecule has 0 aliphatic rings. The summed E-state index contributed by atoms with van der Waals surface area (Å²) < 4.78 is 1.79. The van der Waals surface area contributed by atoms with Crippen molar-refractivity contribution in [1.82, 2.24) is 9.78 Å². The van der Waals surface area contributed by atoms with E-state index < -0.39 is 0 Å². The van der Waals surface area contributed by atoms with Gasteiger partial charge in [0.05, 0.1) is 17.3 Å². The number of hydrogen-bond acceptors (Lipinski definition) is 2. The van der Waals surface area contributed by atoms with Crippen LogP contribution in [-0.2, 0) is 0 Å². The first-order valence-corrected chi connectivity index (χ1v) is 6.58. The van der Waals surface area contributed by atoms with E-state index in [2.05, 4.69) is 5.10 Å². The molecule has 2 atom stereocenters. The fraction of sp³-hybridized carbons (Fsp3) is 0.308. The van der Waals surface area contributed by atoms with E-state index in [0.717, 1.165) is 12.0 Å². The highest BCUT2D eigenvalue weighted by atomic mass is 35.5. The quantitative estimate of drug-likeness (QED) is 0.933. The molecule has 0 bridgehead atoms. The normalized spacial score (nSPS) is 14.4. The molecular formula is C13H15Cl2N3. The zero-order valence-electron chi connectivity index (χ0n) is 10.1. The lowest BCUT2D eigenvalue weighted by Gasteiger charge is -2.24. The minimum absolute atomic E-state index is 0.0422. The number of benzene rings is 1. The maximum atomic E-state index is 6.19. The van der Waals surface area contributed by atoms with Crippen molar-refractivity contribution in [3.63, 3.8) is 0 Å². The van der Waals surface area contributed by atoms with Gasteiger partial charge >= 0.3 is 0 Å². The third-order valence-electron chi connectivity index (χ3n) is 2.92. The van der Waals surface area contributed by atoms with Gasteiger partial charge in [0.2, 0.25) is 0 Å². The van der Waals surface area contributed by atoms with Crippen molar-refractivity contribution in [2.24, 2.45) is 5.73 Å². The van der Waals surface area contributed by atoms with Gasteiger partial charge in [-0.1, -0.05) is 42.3 Å². The van der Waals surface area contributed by atoms with Crippen LogP contribution in [0.2, 0.25) is 10.0 Å². The van der Waals surface area contributed by atoms with E-state index in [1.807, 2.05) is 31.2 Å². The molecular weight excluding hydrogens is 269 g/mol. The van der Waals surface area contributed by atoms with E-state index in [4.69, 9.17) is 28.9 Å². The molecule has 3 nitrogen and oxygen atoms in total. The van der Waals surface area contributed by atoms with Crippen LogP contribution >= 0.6 is 23.2 Å². The summed E-state index contributed by atoms with van der Waals surface area (Å²) in [5, 5.41) is 5.55. The Morgan fingerprint density at radius 1 is 1.33 bits per heavy atom. The van der Waals surface area contributed by atoms with Gasteiger partial charge in [0.1, 0.15) is 0 Å². The SMILES string of the molecule is CCC(N)C(c1cccc(Cl)c1)n1cc(Cl)cn1. The number of nitrogens with zero attached hydrogens (tertiary/aromatic N) is 2. The van der Waals surface area contributed by atoms with Crippen molar-refractivity contribution in [2.75, 3.05) is 0 Å². The van der Waals surface area contributed by atoms with E-state index in [1.165, 1.54) is 0 Å². The molecule has 2 N–H and O–H groups in total. The maximum absolute atomic E-state index is 6.19. The van der Waals surface area contributed by atoms with Crippen molar-refractivity contribution in [2.45, 2.75) is 25.4 Å². The molecule has 5 heteroatoms. The van der Waals surface area contributed by atoms with E-state index >= 15 is 0 Å². The number of rotatable bonds is 4. The molecule has 0 radical (unpaired) electrons. The van der Waals surface area contributed by atoms with Crippen molar-refractivity contribution < 1.29 is 0 Å². The molecule has 0 spiro atoms. The molecule has 0 aliphatic heterocycles. The molecule has 2 unspecified atom stereocenters. The van der Waals surface area contributed by atoms with E-state index in [-0.39, 0.29) is 12.1 Å². The van der Waals surface area contributed by atoms with Crippen LogP contribution in [0.5, 0.6) is 0 Å². The van der Waals surface area contributed by atoms with Gasteiger partial charge in [0, 0.05) is 17.3 Å². The highest BCUT2D eigenvalue weighted by Crippen LogP contribution is 2.25. The molecule has 0 amide bonds. The van der Waals surface area contributed by atoms with E-state index in [9.17, 15) is 0 Å². The Kier molecular flexibility index (Phi) is 4.27. The second kappa shape index (κ2) is 5.74. The minimum Gasteiger partial charge on any atom is -0.326 e.